The molecule has 3 N–H and O–H groups in total. The quantitative estimate of drug-likeness (QED) is 0.798. The third kappa shape index (κ3) is 3.69. The number of halogens is 2. The molecule has 0 aliphatic carbocycles. The lowest BCUT2D eigenvalue weighted by molar-refractivity contribution is 0.0200. The summed E-state index contributed by atoms with van der Waals surface area (Å²) in [4.78, 5) is -0.450. The van der Waals surface area contributed by atoms with E-state index in [1.165, 1.54) is 0 Å². The maximum Gasteiger partial charge on any atom is 0.243 e. The molecule has 1 unspecified atom stereocenters. The largest absolute Gasteiger partial charge is 0.398 e. The van der Waals surface area contributed by atoms with Gasteiger partial charge >= 0.3 is 0 Å². The number of ether oxygens (including phenoxy) is 1. The predicted molar refractivity (Wildman–Crippen MR) is 77.3 cm³/mol. The third-order valence-corrected chi connectivity index (χ3v) is 5.24. The fourth-order valence-electron chi connectivity index (χ4n) is 2.00. The minimum atomic E-state index is -3.94. The molecule has 0 amide bonds. The summed E-state index contributed by atoms with van der Waals surface area (Å²) in [5, 5.41) is 0. The second kappa shape index (κ2) is 6.38. The van der Waals surface area contributed by atoms with Crippen LogP contribution in [0, 0.1) is 5.82 Å². The topological polar surface area (TPSA) is 81.4 Å². The van der Waals surface area contributed by atoms with Crippen LogP contribution < -0.4 is 10.5 Å². The highest BCUT2D eigenvalue weighted by Crippen LogP contribution is 2.26. The highest BCUT2D eigenvalue weighted by atomic mass is 79.9. The summed E-state index contributed by atoms with van der Waals surface area (Å²) in [5.74, 6) is -0.844. The van der Waals surface area contributed by atoms with Gasteiger partial charge in [-0.05, 0) is 47.3 Å². The number of nitrogens with two attached hydrogens (primary N) is 1. The van der Waals surface area contributed by atoms with Crippen molar-refractivity contribution in [1.82, 2.24) is 4.72 Å². The fourth-order valence-corrected chi connectivity index (χ4v) is 3.47. The molecule has 1 atom stereocenters. The molecule has 1 aromatic rings. The van der Waals surface area contributed by atoms with Crippen LogP contribution in [0.4, 0.5) is 10.1 Å². The molecule has 1 saturated heterocycles. The van der Waals surface area contributed by atoms with E-state index in [9.17, 15) is 12.8 Å². The molecule has 1 aromatic carbocycles. The van der Waals surface area contributed by atoms with Gasteiger partial charge in [-0.2, -0.15) is 0 Å². The van der Waals surface area contributed by atoms with Gasteiger partial charge < -0.3 is 10.5 Å². The molecule has 1 fully saturated rings. The minimum absolute atomic E-state index is 0.137. The van der Waals surface area contributed by atoms with Crippen LogP contribution >= 0.6 is 15.9 Å². The van der Waals surface area contributed by atoms with E-state index in [1.54, 1.807) is 0 Å². The van der Waals surface area contributed by atoms with Crippen LogP contribution in [0.15, 0.2) is 21.5 Å². The first-order valence-electron chi connectivity index (χ1n) is 6.26. The first-order chi connectivity index (χ1) is 9.40. The standard InChI is InChI=1S/C12H16BrFN2O3S/c13-9-5-10(14)12(6-11(9)15)20(17,18)16-7-8-3-1-2-4-19-8/h5-6,8,16H,1-4,7,15H2. The van der Waals surface area contributed by atoms with E-state index >= 15 is 0 Å². The number of anilines is 1. The van der Waals surface area contributed by atoms with Gasteiger partial charge in [0.15, 0.2) is 0 Å². The summed E-state index contributed by atoms with van der Waals surface area (Å²) in [6, 6.07) is 2.14. The highest BCUT2D eigenvalue weighted by molar-refractivity contribution is 9.10. The van der Waals surface area contributed by atoms with Gasteiger partial charge in [0.2, 0.25) is 10.0 Å². The van der Waals surface area contributed by atoms with Crippen molar-refractivity contribution in [3.05, 3.63) is 22.4 Å². The van der Waals surface area contributed by atoms with E-state index < -0.39 is 20.7 Å². The molecule has 5 nitrogen and oxygen atoms in total. The summed E-state index contributed by atoms with van der Waals surface area (Å²) in [6.45, 7) is 0.768. The molecule has 0 saturated carbocycles. The van der Waals surface area contributed by atoms with Crippen molar-refractivity contribution in [2.75, 3.05) is 18.9 Å². The molecule has 0 aromatic heterocycles. The number of hydrogen-bond acceptors (Lipinski definition) is 4. The number of nitrogens with one attached hydrogen (secondary N) is 1. The van der Waals surface area contributed by atoms with Gasteiger partial charge in [0.05, 0.1) is 6.10 Å². The summed E-state index contributed by atoms with van der Waals surface area (Å²) < 4.78 is 46.0. The van der Waals surface area contributed by atoms with Crippen LogP contribution in [0.1, 0.15) is 19.3 Å². The molecule has 0 bridgehead atoms. The second-order valence-electron chi connectivity index (χ2n) is 4.64. The van der Waals surface area contributed by atoms with Crippen LogP contribution in [0.2, 0.25) is 0 Å². The maximum atomic E-state index is 13.8. The summed E-state index contributed by atoms with van der Waals surface area (Å²) in [5.41, 5.74) is 5.76. The Bertz CT molecular complexity index is 589. The number of hydrogen-bond donors (Lipinski definition) is 2. The number of rotatable bonds is 4. The molecule has 2 rings (SSSR count). The van der Waals surface area contributed by atoms with Gasteiger partial charge in [0.25, 0.3) is 0 Å². The smallest absolute Gasteiger partial charge is 0.243 e. The van der Waals surface area contributed by atoms with E-state index in [0.29, 0.717) is 11.1 Å². The summed E-state index contributed by atoms with van der Waals surface area (Å²) >= 11 is 3.05. The molecule has 20 heavy (non-hydrogen) atoms. The Kier molecular flexibility index (Phi) is 5.00. The average molecular weight is 367 g/mol. The van der Waals surface area contributed by atoms with Crippen LogP contribution in [0.3, 0.4) is 0 Å². The lowest BCUT2D eigenvalue weighted by Crippen LogP contribution is -2.35. The molecular formula is C12H16BrFN2O3S. The van der Waals surface area contributed by atoms with Gasteiger partial charge in [-0.25, -0.2) is 17.5 Å². The number of sulfonamides is 1. The summed E-state index contributed by atoms with van der Waals surface area (Å²) in [7, 11) is -3.94. The molecular weight excluding hydrogens is 351 g/mol. The van der Waals surface area contributed by atoms with E-state index in [2.05, 4.69) is 20.7 Å². The van der Waals surface area contributed by atoms with E-state index in [1.807, 2.05) is 0 Å². The first-order valence-corrected chi connectivity index (χ1v) is 8.53. The molecule has 0 radical (unpaired) electrons. The Labute approximate surface area is 125 Å². The van der Waals surface area contributed by atoms with Crippen molar-refractivity contribution < 1.29 is 17.5 Å². The first kappa shape index (κ1) is 15.7. The van der Waals surface area contributed by atoms with E-state index in [-0.39, 0.29) is 18.3 Å². The van der Waals surface area contributed by atoms with Crippen LogP contribution in [-0.2, 0) is 14.8 Å². The Morgan fingerprint density at radius 3 is 2.85 bits per heavy atom. The van der Waals surface area contributed by atoms with E-state index in [0.717, 1.165) is 31.4 Å². The average Bonchev–Trinajstić information content (AvgIpc) is 2.42. The monoisotopic (exact) mass is 366 g/mol. The second-order valence-corrected chi connectivity index (χ2v) is 7.23. The molecule has 1 aliphatic heterocycles. The predicted octanol–water partition coefficient (Wildman–Crippen LogP) is 2.02. The van der Waals surface area contributed by atoms with E-state index in [4.69, 9.17) is 10.5 Å². The Balaban J connectivity index is 2.11. The highest BCUT2D eigenvalue weighted by Gasteiger charge is 2.23. The molecule has 0 spiro atoms. The summed E-state index contributed by atoms with van der Waals surface area (Å²) in [6.07, 6.45) is 2.63. The lowest BCUT2D eigenvalue weighted by Gasteiger charge is -2.22. The maximum absolute atomic E-state index is 13.8. The van der Waals surface area contributed by atoms with Crippen molar-refractivity contribution in [2.45, 2.75) is 30.3 Å². The number of benzene rings is 1. The minimum Gasteiger partial charge on any atom is -0.398 e. The zero-order valence-electron chi connectivity index (χ0n) is 10.7. The third-order valence-electron chi connectivity index (χ3n) is 3.12. The molecule has 1 aliphatic rings. The SMILES string of the molecule is Nc1cc(S(=O)(=O)NCC2CCCCO2)c(F)cc1Br. The Hall–Kier alpha value is -0.700. The fraction of sp³-hybridized carbons (Fsp3) is 0.500. The Morgan fingerprint density at radius 2 is 2.20 bits per heavy atom. The van der Waals surface area contributed by atoms with Gasteiger partial charge in [-0.1, -0.05) is 0 Å². The van der Waals surface area contributed by atoms with Gasteiger partial charge in [-0.15, -0.1) is 0 Å². The van der Waals surface area contributed by atoms with Gasteiger partial charge in [0.1, 0.15) is 10.7 Å². The molecule has 1 heterocycles. The van der Waals surface area contributed by atoms with Crippen LogP contribution in [-0.4, -0.2) is 27.7 Å². The van der Waals surface area contributed by atoms with Crippen molar-refractivity contribution in [3.63, 3.8) is 0 Å². The van der Waals surface area contributed by atoms with Crippen molar-refractivity contribution in [2.24, 2.45) is 0 Å². The van der Waals surface area contributed by atoms with Crippen molar-refractivity contribution >= 4 is 31.6 Å². The van der Waals surface area contributed by atoms with Crippen molar-refractivity contribution in [3.8, 4) is 0 Å². The zero-order chi connectivity index (χ0) is 14.8. The van der Waals surface area contributed by atoms with Gasteiger partial charge in [0, 0.05) is 23.3 Å². The van der Waals surface area contributed by atoms with Crippen molar-refractivity contribution in [1.29, 1.82) is 0 Å². The zero-order valence-corrected chi connectivity index (χ0v) is 13.1. The lowest BCUT2D eigenvalue weighted by atomic mass is 10.1. The normalized spacial score (nSPS) is 20.0. The molecule has 112 valence electrons. The van der Waals surface area contributed by atoms with Crippen LogP contribution in [0.5, 0.6) is 0 Å². The van der Waals surface area contributed by atoms with Crippen LogP contribution in [0.25, 0.3) is 0 Å². The Morgan fingerprint density at radius 1 is 1.45 bits per heavy atom. The molecule has 8 heteroatoms. The number of nitrogen functional groups attached to an aromatic ring is 1. The van der Waals surface area contributed by atoms with Gasteiger partial charge in [-0.3, -0.25) is 0 Å².